The van der Waals surface area contributed by atoms with Gasteiger partial charge < -0.3 is 11.1 Å². The number of hydrogen-bond acceptors (Lipinski definition) is 5. The molecule has 0 unspecified atom stereocenters. The molecule has 0 aliphatic carbocycles. The number of aromatic nitrogens is 3. The minimum Gasteiger partial charge on any atom is -0.368 e. The van der Waals surface area contributed by atoms with Crippen LogP contribution in [0.25, 0.3) is 0 Å². The van der Waals surface area contributed by atoms with Crippen LogP contribution < -0.4 is 11.1 Å². The van der Waals surface area contributed by atoms with Gasteiger partial charge in [-0.1, -0.05) is 6.92 Å². The number of nitrogens with zero attached hydrogens (tertiary/aromatic N) is 3. The second-order valence-corrected chi connectivity index (χ2v) is 2.04. The first-order valence-electron chi connectivity index (χ1n) is 3.44. The van der Waals surface area contributed by atoms with E-state index in [1.165, 1.54) is 0 Å². The number of nitrogens with one attached hydrogen (secondary N) is 1. The van der Waals surface area contributed by atoms with Gasteiger partial charge in [0, 0.05) is 13.5 Å². The molecule has 0 fully saturated rings. The highest BCUT2D eigenvalue weighted by Crippen LogP contribution is 2.01. The molecule has 5 heteroatoms. The van der Waals surface area contributed by atoms with Crippen molar-refractivity contribution >= 4 is 11.9 Å². The predicted octanol–water partition coefficient (Wildman–Crippen LogP) is 0.0579. The van der Waals surface area contributed by atoms with Crippen molar-refractivity contribution in [3.8, 4) is 0 Å². The summed E-state index contributed by atoms with van der Waals surface area (Å²) < 4.78 is 0. The fraction of sp³-hybridized carbons (Fsp3) is 0.500. The van der Waals surface area contributed by atoms with E-state index < -0.39 is 0 Å². The molecule has 0 saturated heterocycles. The van der Waals surface area contributed by atoms with Crippen LogP contribution in [-0.2, 0) is 6.42 Å². The molecule has 0 bridgehead atoms. The van der Waals surface area contributed by atoms with Crippen LogP contribution in [0.2, 0.25) is 0 Å². The van der Waals surface area contributed by atoms with Gasteiger partial charge in [-0.05, 0) is 0 Å². The average molecular weight is 153 g/mol. The van der Waals surface area contributed by atoms with E-state index in [-0.39, 0.29) is 5.95 Å². The Labute approximate surface area is 65.1 Å². The molecule has 0 aliphatic heterocycles. The molecule has 5 nitrogen and oxygen atoms in total. The third-order valence-electron chi connectivity index (χ3n) is 1.24. The summed E-state index contributed by atoms with van der Waals surface area (Å²) in [4.78, 5) is 11.8. The maximum Gasteiger partial charge on any atom is 0.227 e. The van der Waals surface area contributed by atoms with Crippen molar-refractivity contribution in [3.63, 3.8) is 0 Å². The van der Waals surface area contributed by atoms with Crippen LogP contribution in [0, 0.1) is 0 Å². The lowest BCUT2D eigenvalue weighted by molar-refractivity contribution is 0.910. The fourth-order valence-electron chi connectivity index (χ4n) is 0.708. The maximum absolute atomic E-state index is 5.41. The molecule has 0 aromatic carbocycles. The zero-order valence-electron chi connectivity index (χ0n) is 6.63. The lowest BCUT2D eigenvalue weighted by Crippen LogP contribution is -2.06. The molecule has 11 heavy (non-hydrogen) atoms. The van der Waals surface area contributed by atoms with Crippen LogP contribution in [0.5, 0.6) is 0 Å². The van der Waals surface area contributed by atoms with E-state index in [0.29, 0.717) is 11.8 Å². The Morgan fingerprint density at radius 1 is 1.36 bits per heavy atom. The molecule has 1 aromatic heterocycles. The second kappa shape index (κ2) is 3.14. The van der Waals surface area contributed by atoms with Gasteiger partial charge in [0.25, 0.3) is 0 Å². The van der Waals surface area contributed by atoms with Crippen molar-refractivity contribution in [1.29, 1.82) is 0 Å². The van der Waals surface area contributed by atoms with E-state index in [4.69, 9.17) is 5.73 Å². The quantitative estimate of drug-likeness (QED) is 0.628. The number of anilines is 2. The van der Waals surface area contributed by atoms with E-state index in [1.807, 2.05) is 6.92 Å². The van der Waals surface area contributed by atoms with Crippen LogP contribution >= 0.6 is 0 Å². The lowest BCUT2D eigenvalue weighted by atomic mass is 10.4. The first-order chi connectivity index (χ1) is 5.26. The van der Waals surface area contributed by atoms with Crippen molar-refractivity contribution in [2.45, 2.75) is 13.3 Å². The third kappa shape index (κ3) is 1.76. The monoisotopic (exact) mass is 153 g/mol. The second-order valence-electron chi connectivity index (χ2n) is 2.04. The summed E-state index contributed by atoms with van der Waals surface area (Å²) in [6.07, 6.45) is 0.765. The summed E-state index contributed by atoms with van der Waals surface area (Å²) >= 11 is 0. The van der Waals surface area contributed by atoms with Crippen LogP contribution in [-0.4, -0.2) is 22.0 Å². The molecule has 0 amide bonds. The first kappa shape index (κ1) is 7.71. The van der Waals surface area contributed by atoms with E-state index in [2.05, 4.69) is 20.3 Å². The van der Waals surface area contributed by atoms with Crippen LogP contribution in [0.4, 0.5) is 11.9 Å². The predicted molar refractivity (Wildman–Crippen MR) is 43.2 cm³/mol. The van der Waals surface area contributed by atoms with Crippen molar-refractivity contribution in [2.24, 2.45) is 0 Å². The van der Waals surface area contributed by atoms with Crippen LogP contribution in [0.1, 0.15) is 12.7 Å². The normalized spacial score (nSPS) is 9.64. The molecule has 0 radical (unpaired) electrons. The summed E-state index contributed by atoms with van der Waals surface area (Å²) in [7, 11) is 1.74. The highest BCUT2D eigenvalue weighted by atomic mass is 15.2. The molecular formula is C6H11N5. The van der Waals surface area contributed by atoms with Crippen molar-refractivity contribution in [2.75, 3.05) is 18.1 Å². The molecular weight excluding hydrogens is 142 g/mol. The Kier molecular flexibility index (Phi) is 2.20. The zero-order valence-corrected chi connectivity index (χ0v) is 6.63. The molecule has 0 spiro atoms. The van der Waals surface area contributed by atoms with E-state index >= 15 is 0 Å². The number of rotatable bonds is 2. The van der Waals surface area contributed by atoms with Gasteiger partial charge in [0.05, 0.1) is 0 Å². The smallest absolute Gasteiger partial charge is 0.227 e. The van der Waals surface area contributed by atoms with Crippen molar-refractivity contribution in [3.05, 3.63) is 5.82 Å². The highest BCUT2D eigenvalue weighted by molar-refractivity contribution is 5.29. The molecule has 1 heterocycles. The molecule has 3 N–H and O–H groups in total. The van der Waals surface area contributed by atoms with Gasteiger partial charge in [0.2, 0.25) is 11.9 Å². The number of nitrogen functional groups attached to an aromatic ring is 1. The SMILES string of the molecule is CCc1nc(N)nc(NC)n1. The number of nitrogens with two attached hydrogens (primary N) is 1. The van der Waals surface area contributed by atoms with Gasteiger partial charge >= 0.3 is 0 Å². The molecule has 1 aromatic rings. The lowest BCUT2D eigenvalue weighted by Gasteiger charge is -2.00. The third-order valence-corrected chi connectivity index (χ3v) is 1.24. The van der Waals surface area contributed by atoms with Gasteiger partial charge in [-0.25, -0.2) is 0 Å². The highest BCUT2D eigenvalue weighted by Gasteiger charge is 1.99. The van der Waals surface area contributed by atoms with E-state index in [1.54, 1.807) is 7.05 Å². The molecule has 0 aliphatic rings. The molecule has 0 atom stereocenters. The minimum atomic E-state index is 0.265. The number of aryl methyl sites for hydroxylation is 1. The minimum absolute atomic E-state index is 0.265. The Morgan fingerprint density at radius 2 is 2.09 bits per heavy atom. The Balaban J connectivity index is 3.02. The van der Waals surface area contributed by atoms with Crippen molar-refractivity contribution in [1.82, 2.24) is 15.0 Å². The van der Waals surface area contributed by atoms with Crippen LogP contribution in [0.15, 0.2) is 0 Å². The van der Waals surface area contributed by atoms with E-state index in [9.17, 15) is 0 Å². The zero-order chi connectivity index (χ0) is 8.27. The van der Waals surface area contributed by atoms with Crippen LogP contribution in [0.3, 0.4) is 0 Å². The van der Waals surface area contributed by atoms with Gasteiger partial charge in [-0.15, -0.1) is 0 Å². The van der Waals surface area contributed by atoms with Gasteiger partial charge in [0.15, 0.2) is 0 Å². The van der Waals surface area contributed by atoms with Gasteiger partial charge in [-0.2, -0.15) is 15.0 Å². The standard InChI is InChI=1S/C6H11N5/c1-3-4-9-5(7)11-6(8-2)10-4/h3H2,1-2H3,(H3,7,8,9,10,11). The molecule has 60 valence electrons. The molecule has 1 rings (SSSR count). The maximum atomic E-state index is 5.41. The largest absolute Gasteiger partial charge is 0.368 e. The summed E-state index contributed by atoms with van der Waals surface area (Å²) in [5, 5.41) is 2.80. The fourth-order valence-corrected chi connectivity index (χ4v) is 0.708. The van der Waals surface area contributed by atoms with Crippen molar-refractivity contribution < 1.29 is 0 Å². The average Bonchev–Trinajstić information content (AvgIpc) is 2.03. The Hall–Kier alpha value is -1.39. The topological polar surface area (TPSA) is 76.7 Å². The summed E-state index contributed by atoms with van der Waals surface area (Å²) in [5.74, 6) is 1.50. The summed E-state index contributed by atoms with van der Waals surface area (Å²) in [6.45, 7) is 1.97. The number of hydrogen-bond donors (Lipinski definition) is 2. The molecule has 0 saturated carbocycles. The van der Waals surface area contributed by atoms with Gasteiger partial charge in [0.1, 0.15) is 5.82 Å². The first-order valence-corrected chi connectivity index (χ1v) is 3.44. The Bertz CT molecular complexity index is 224. The van der Waals surface area contributed by atoms with E-state index in [0.717, 1.165) is 6.42 Å². The summed E-state index contributed by atoms with van der Waals surface area (Å²) in [6, 6.07) is 0. The van der Waals surface area contributed by atoms with Gasteiger partial charge in [-0.3, -0.25) is 0 Å². The Morgan fingerprint density at radius 3 is 2.64 bits per heavy atom. The summed E-state index contributed by atoms with van der Waals surface area (Å²) in [5.41, 5.74) is 5.41.